The normalized spacial score (nSPS) is 14.1. The van der Waals surface area contributed by atoms with Gasteiger partial charge in [0.2, 0.25) is 23.6 Å². The second kappa shape index (κ2) is 15.4. The molecule has 13 heteroatoms. The molecule has 11 N–H and O–H groups in total. The van der Waals surface area contributed by atoms with Crippen molar-refractivity contribution in [2.24, 2.45) is 17.2 Å². The van der Waals surface area contributed by atoms with Crippen LogP contribution < -0.4 is 33.2 Å². The Labute approximate surface area is 202 Å². The molecule has 0 aliphatic rings. The lowest BCUT2D eigenvalue weighted by Gasteiger charge is -2.24. The lowest BCUT2D eigenvalue weighted by atomic mass is 10.0. The van der Waals surface area contributed by atoms with E-state index in [0.717, 1.165) is 0 Å². The van der Waals surface area contributed by atoms with Gasteiger partial charge in [-0.3, -0.25) is 19.2 Å². The van der Waals surface area contributed by atoms with Crippen LogP contribution in [0.15, 0.2) is 30.3 Å². The molecule has 4 amide bonds. The zero-order valence-corrected chi connectivity index (χ0v) is 19.3. The number of hydrogen-bond donors (Lipinski definition) is 8. The van der Waals surface area contributed by atoms with Gasteiger partial charge >= 0.3 is 5.97 Å². The van der Waals surface area contributed by atoms with Crippen LogP contribution in [0.4, 0.5) is 0 Å². The minimum atomic E-state index is -1.59. The highest BCUT2D eigenvalue weighted by Gasteiger charge is 2.31. The predicted molar refractivity (Wildman–Crippen MR) is 125 cm³/mol. The van der Waals surface area contributed by atoms with Gasteiger partial charge < -0.3 is 43.4 Å². The SMILES string of the molecule is NCCCCC(N)C(=O)NC(CC(N)=O)C(=O)NC(Cc1ccccc1)C(=O)NC(CO)C(=O)O. The first-order chi connectivity index (χ1) is 16.6. The summed E-state index contributed by atoms with van der Waals surface area (Å²) < 4.78 is 0. The standard InChI is InChI=1S/C22H34N6O7/c23-9-5-4-8-14(24)19(31)26-16(11-18(25)30)21(33)27-15(10-13-6-2-1-3-7-13)20(32)28-17(12-29)22(34)35/h1-3,6-7,14-17,29H,4-5,8-12,23-24H2,(H2,25,30)(H,26,31)(H,27,33)(H,28,32)(H,34,35). The summed E-state index contributed by atoms with van der Waals surface area (Å²) in [4.78, 5) is 60.9. The number of hydrogen-bond acceptors (Lipinski definition) is 8. The second-order valence-electron chi connectivity index (χ2n) is 7.96. The Kier molecular flexibility index (Phi) is 12.9. The van der Waals surface area contributed by atoms with Crippen molar-refractivity contribution in [3.8, 4) is 0 Å². The number of carboxylic acids is 1. The highest BCUT2D eigenvalue weighted by Crippen LogP contribution is 2.06. The zero-order valence-electron chi connectivity index (χ0n) is 19.3. The molecule has 4 unspecified atom stereocenters. The number of rotatable bonds is 16. The van der Waals surface area contributed by atoms with E-state index in [1.807, 2.05) is 0 Å². The third-order valence-electron chi connectivity index (χ3n) is 5.06. The number of benzene rings is 1. The predicted octanol–water partition coefficient (Wildman–Crippen LogP) is -2.91. The third-order valence-corrected chi connectivity index (χ3v) is 5.06. The van der Waals surface area contributed by atoms with Crippen molar-refractivity contribution in [3.05, 3.63) is 35.9 Å². The van der Waals surface area contributed by atoms with Gasteiger partial charge in [-0.05, 0) is 24.9 Å². The first kappa shape index (κ1) is 29.5. The molecule has 0 aliphatic carbocycles. The summed E-state index contributed by atoms with van der Waals surface area (Å²) >= 11 is 0. The Bertz CT molecular complexity index is 867. The largest absolute Gasteiger partial charge is 0.480 e. The fourth-order valence-electron chi connectivity index (χ4n) is 3.12. The van der Waals surface area contributed by atoms with Gasteiger partial charge in [0.1, 0.15) is 18.1 Å². The summed E-state index contributed by atoms with van der Waals surface area (Å²) in [5.74, 6) is -4.80. The monoisotopic (exact) mass is 494 g/mol. The number of nitrogens with two attached hydrogens (primary N) is 3. The molecule has 4 atom stereocenters. The topological polar surface area (TPSA) is 240 Å². The van der Waals surface area contributed by atoms with Crippen molar-refractivity contribution in [1.29, 1.82) is 0 Å². The van der Waals surface area contributed by atoms with Crippen LogP contribution in [0, 0.1) is 0 Å². The molecule has 194 valence electrons. The molecule has 1 aromatic carbocycles. The molecule has 0 radical (unpaired) electrons. The smallest absolute Gasteiger partial charge is 0.328 e. The molecule has 0 aliphatic heterocycles. The van der Waals surface area contributed by atoms with Crippen molar-refractivity contribution >= 4 is 29.6 Å². The summed E-state index contributed by atoms with van der Waals surface area (Å²) in [5.41, 5.74) is 17.1. The number of primary amides is 1. The Balaban J connectivity index is 3.03. The van der Waals surface area contributed by atoms with Gasteiger partial charge in [-0.15, -0.1) is 0 Å². The number of carboxylic acid groups (broad SMARTS) is 1. The first-order valence-corrected chi connectivity index (χ1v) is 11.1. The fraction of sp³-hybridized carbons (Fsp3) is 0.500. The highest BCUT2D eigenvalue weighted by molar-refractivity contribution is 5.96. The minimum Gasteiger partial charge on any atom is -0.480 e. The molecule has 1 aromatic rings. The summed E-state index contributed by atoms with van der Waals surface area (Å²) in [6.07, 6.45) is 0.970. The number of aliphatic carboxylic acids is 1. The molecular formula is C22H34N6O7. The summed E-state index contributed by atoms with van der Waals surface area (Å²) in [6, 6.07) is 3.30. The van der Waals surface area contributed by atoms with Gasteiger partial charge in [0.05, 0.1) is 19.1 Å². The van der Waals surface area contributed by atoms with E-state index in [9.17, 15) is 29.1 Å². The maximum Gasteiger partial charge on any atom is 0.328 e. The number of unbranched alkanes of at least 4 members (excludes halogenated alkanes) is 1. The van der Waals surface area contributed by atoms with Crippen LogP contribution in [-0.2, 0) is 30.4 Å². The van der Waals surface area contributed by atoms with Crippen molar-refractivity contribution in [1.82, 2.24) is 16.0 Å². The molecule has 35 heavy (non-hydrogen) atoms. The molecule has 0 spiro atoms. The quantitative estimate of drug-likeness (QED) is 0.110. The van der Waals surface area contributed by atoms with Crippen molar-refractivity contribution in [2.75, 3.05) is 13.2 Å². The molecule has 13 nitrogen and oxygen atoms in total. The molecule has 0 saturated carbocycles. The zero-order chi connectivity index (χ0) is 26.4. The van der Waals surface area contributed by atoms with Crippen molar-refractivity contribution in [3.63, 3.8) is 0 Å². The number of nitrogens with one attached hydrogen (secondary N) is 3. The van der Waals surface area contributed by atoms with Crippen LogP contribution in [0.3, 0.4) is 0 Å². The van der Waals surface area contributed by atoms with Gasteiger partial charge in [-0.2, -0.15) is 0 Å². The van der Waals surface area contributed by atoms with Crippen molar-refractivity contribution < 1.29 is 34.2 Å². The number of amides is 4. The molecule has 0 bridgehead atoms. The molecule has 0 saturated heterocycles. The molecule has 0 fully saturated rings. The summed E-state index contributed by atoms with van der Waals surface area (Å²) in [6.45, 7) is -0.430. The Hall–Kier alpha value is -3.55. The Morgan fingerprint density at radius 2 is 1.43 bits per heavy atom. The Morgan fingerprint density at radius 3 is 1.97 bits per heavy atom. The fourth-order valence-corrected chi connectivity index (χ4v) is 3.12. The van der Waals surface area contributed by atoms with E-state index in [1.165, 1.54) is 0 Å². The highest BCUT2D eigenvalue weighted by atomic mass is 16.4. The van der Waals surface area contributed by atoms with E-state index in [4.69, 9.17) is 22.3 Å². The number of aliphatic hydroxyl groups excluding tert-OH is 1. The van der Waals surface area contributed by atoms with Gasteiger partial charge in [-0.1, -0.05) is 36.8 Å². The van der Waals surface area contributed by atoms with E-state index >= 15 is 0 Å². The molecule has 1 rings (SSSR count). The van der Waals surface area contributed by atoms with E-state index in [-0.39, 0.29) is 6.42 Å². The molecule has 0 heterocycles. The van der Waals surface area contributed by atoms with Crippen molar-refractivity contribution in [2.45, 2.75) is 56.3 Å². The maximum absolute atomic E-state index is 13.0. The maximum atomic E-state index is 13.0. The van der Waals surface area contributed by atoms with Gasteiger partial charge in [-0.25, -0.2) is 4.79 Å². The molecule has 0 aromatic heterocycles. The van der Waals surface area contributed by atoms with Crippen LogP contribution >= 0.6 is 0 Å². The van der Waals surface area contributed by atoms with Crippen LogP contribution in [0.1, 0.15) is 31.2 Å². The van der Waals surface area contributed by atoms with Crippen LogP contribution in [0.5, 0.6) is 0 Å². The van der Waals surface area contributed by atoms with Crippen LogP contribution in [0.25, 0.3) is 0 Å². The number of aliphatic hydroxyl groups is 1. The lowest BCUT2D eigenvalue weighted by molar-refractivity contribution is -0.143. The lowest BCUT2D eigenvalue weighted by Crippen LogP contribution is -2.58. The van der Waals surface area contributed by atoms with E-state index in [2.05, 4.69) is 16.0 Å². The first-order valence-electron chi connectivity index (χ1n) is 11.1. The van der Waals surface area contributed by atoms with E-state index in [0.29, 0.717) is 31.4 Å². The van der Waals surface area contributed by atoms with Gasteiger partial charge in [0, 0.05) is 6.42 Å². The van der Waals surface area contributed by atoms with Gasteiger partial charge in [0.15, 0.2) is 0 Å². The second-order valence-corrected chi connectivity index (χ2v) is 7.96. The third kappa shape index (κ3) is 10.9. The van der Waals surface area contributed by atoms with Crippen LogP contribution in [-0.4, -0.2) is 77.1 Å². The number of carbonyl (C=O) groups is 5. The summed E-state index contributed by atoms with van der Waals surface area (Å²) in [5, 5.41) is 25.3. The van der Waals surface area contributed by atoms with Crippen LogP contribution in [0.2, 0.25) is 0 Å². The summed E-state index contributed by atoms with van der Waals surface area (Å²) in [7, 11) is 0. The molecular weight excluding hydrogens is 460 g/mol. The average molecular weight is 495 g/mol. The van der Waals surface area contributed by atoms with E-state index in [1.54, 1.807) is 30.3 Å². The van der Waals surface area contributed by atoms with E-state index < -0.39 is 66.8 Å². The Morgan fingerprint density at radius 1 is 0.857 bits per heavy atom. The minimum absolute atomic E-state index is 0.0357. The van der Waals surface area contributed by atoms with Gasteiger partial charge in [0.25, 0.3) is 0 Å². The average Bonchev–Trinajstić information content (AvgIpc) is 2.81. The number of carbonyl (C=O) groups excluding carboxylic acids is 4.